The van der Waals surface area contributed by atoms with Crippen molar-refractivity contribution in [3.05, 3.63) is 52.4 Å². The molecule has 0 spiro atoms. The zero-order valence-electron chi connectivity index (χ0n) is 17.0. The molecule has 1 atom stereocenters. The third-order valence-corrected chi connectivity index (χ3v) is 6.08. The summed E-state index contributed by atoms with van der Waals surface area (Å²) < 4.78 is 6.55. The summed E-state index contributed by atoms with van der Waals surface area (Å²) in [6.07, 6.45) is 5.35. The Kier molecular flexibility index (Phi) is 7.55. The summed E-state index contributed by atoms with van der Waals surface area (Å²) in [5, 5.41) is 13.2. The Labute approximate surface area is 194 Å². The number of pyridine rings is 1. The molecule has 0 bridgehead atoms. The summed E-state index contributed by atoms with van der Waals surface area (Å²) in [7, 11) is 0. The summed E-state index contributed by atoms with van der Waals surface area (Å²) >= 11 is 9.16. The number of halogens is 2. The molecule has 2 N–H and O–H groups in total. The fourth-order valence-electron chi connectivity index (χ4n) is 3.58. The average Bonchev–Trinajstić information content (AvgIpc) is 2.79. The molecule has 1 aromatic carbocycles. The molecule has 2 fully saturated rings. The minimum absolute atomic E-state index is 0.0607. The monoisotopic (exact) mass is 505 g/mol. The van der Waals surface area contributed by atoms with E-state index < -0.39 is 0 Å². The van der Waals surface area contributed by atoms with Crippen LogP contribution in [0.2, 0.25) is 5.28 Å². The molecule has 2 aliphatic rings. The van der Waals surface area contributed by atoms with Gasteiger partial charge in [0.25, 0.3) is 0 Å². The molecule has 0 saturated carbocycles. The molecular weight excluding hydrogens is 482 g/mol. The van der Waals surface area contributed by atoms with Crippen LogP contribution in [0.5, 0.6) is 5.88 Å². The number of nitrogens with one attached hydrogen (secondary N) is 1. The molecule has 2 saturated heterocycles. The first-order valence-electron chi connectivity index (χ1n) is 10.4. The molecule has 1 unspecified atom stereocenters. The van der Waals surface area contributed by atoms with Gasteiger partial charge < -0.3 is 20.1 Å². The van der Waals surface area contributed by atoms with Crippen LogP contribution >= 0.6 is 27.5 Å². The van der Waals surface area contributed by atoms with Gasteiger partial charge in [-0.2, -0.15) is 4.98 Å². The van der Waals surface area contributed by atoms with Gasteiger partial charge in [-0.15, -0.1) is 0 Å². The predicted octanol–water partition coefficient (Wildman–Crippen LogP) is 3.83. The van der Waals surface area contributed by atoms with Crippen LogP contribution in [0.15, 0.2) is 47.1 Å². The fraction of sp³-hybridized carbons (Fsp3) is 0.409. The highest BCUT2D eigenvalue weighted by atomic mass is 79.9. The van der Waals surface area contributed by atoms with E-state index >= 15 is 0 Å². The smallest absolute Gasteiger partial charge is 0.232 e. The van der Waals surface area contributed by atoms with Crippen LogP contribution in [0.25, 0.3) is 10.9 Å². The van der Waals surface area contributed by atoms with Gasteiger partial charge in [-0.05, 0) is 65.1 Å². The van der Waals surface area contributed by atoms with Crippen LogP contribution < -0.4 is 15.0 Å². The van der Waals surface area contributed by atoms with Gasteiger partial charge in [-0.25, -0.2) is 9.97 Å². The van der Waals surface area contributed by atoms with Crippen molar-refractivity contribution < 1.29 is 9.84 Å². The molecule has 5 rings (SSSR count). The molecule has 164 valence electrons. The van der Waals surface area contributed by atoms with Gasteiger partial charge in [0.15, 0.2) is 0 Å². The first-order chi connectivity index (χ1) is 15.1. The Hall–Kier alpha value is -2.00. The molecule has 3 aromatic rings. The molecule has 31 heavy (non-hydrogen) atoms. The molecule has 0 aliphatic carbocycles. The number of aliphatic hydroxyl groups is 1. The van der Waals surface area contributed by atoms with Gasteiger partial charge in [-0.1, -0.05) is 24.6 Å². The van der Waals surface area contributed by atoms with E-state index in [1.54, 1.807) is 6.20 Å². The number of hydrogen-bond acceptors (Lipinski definition) is 7. The molecule has 7 nitrogen and oxygen atoms in total. The van der Waals surface area contributed by atoms with Gasteiger partial charge in [0.1, 0.15) is 11.9 Å². The average molecular weight is 507 g/mol. The maximum atomic E-state index is 8.63. The molecule has 0 amide bonds. The Balaban J connectivity index is 0.000000245. The molecular formula is C22H25BrClN5O2. The second-order valence-corrected chi connectivity index (χ2v) is 8.82. The predicted molar refractivity (Wildman–Crippen MR) is 126 cm³/mol. The minimum atomic E-state index is 0.0607. The third kappa shape index (κ3) is 5.83. The lowest BCUT2D eigenvalue weighted by atomic mass is 10.1. The van der Waals surface area contributed by atoms with Gasteiger partial charge >= 0.3 is 0 Å². The lowest BCUT2D eigenvalue weighted by molar-refractivity contribution is 0.158. The second kappa shape index (κ2) is 10.5. The summed E-state index contributed by atoms with van der Waals surface area (Å²) in [5.41, 5.74) is 1.000. The second-order valence-electron chi connectivity index (χ2n) is 7.63. The summed E-state index contributed by atoms with van der Waals surface area (Å²) in [5.74, 6) is 1.43. The van der Waals surface area contributed by atoms with Crippen LogP contribution in [0, 0.1) is 0 Å². The summed E-state index contributed by atoms with van der Waals surface area (Å²) in [4.78, 5) is 14.8. The van der Waals surface area contributed by atoms with Crippen molar-refractivity contribution in [1.29, 1.82) is 0 Å². The first kappa shape index (κ1) is 22.2. The van der Waals surface area contributed by atoms with Crippen LogP contribution in [-0.4, -0.2) is 58.4 Å². The Morgan fingerprint density at radius 3 is 2.74 bits per heavy atom. The standard InChI is InChI=1S/C16H12BrClN4O.C6H13NO/c17-12-7-19-16(18)21-15(12)23-11-8-22(9-11)14-6-5-10-3-1-2-4-13(10)20-14;8-5-6-3-1-2-4-7-6/h1-7,11H,8-9H2;6-8H,1-5H2. The van der Waals surface area contributed by atoms with Crippen molar-refractivity contribution in [3.8, 4) is 5.88 Å². The number of fused-ring (bicyclic) bond motifs is 1. The van der Waals surface area contributed by atoms with Gasteiger partial charge in [0, 0.05) is 17.6 Å². The van der Waals surface area contributed by atoms with Crippen LogP contribution in [0.1, 0.15) is 19.3 Å². The van der Waals surface area contributed by atoms with E-state index in [2.05, 4.69) is 53.2 Å². The quantitative estimate of drug-likeness (QED) is 0.520. The number of ether oxygens (including phenoxy) is 1. The van der Waals surface area contributed by atoms with E-state index in [4.69, 9.17) is 21.4 Å². The number of anilines is 1. The number of nitrogens with zero attached hydrogens (tertiary/aromatic N) is 4. The zero-order valence-corrected chi connectivity index (χ0v) is 19.4. The Bertz CT molecular complexity index is 1010. The highest BCUT2D eigenvalue weighted by molar-refractivity contribution is 9.10. The van der Waals surface area contributed by atoms with Crippen LogP contribution in [0.4, 0.5) is 5.82 Å². The van der Waals surface area contributed by atoms with E-state index in [9.17, 15) is 0 Å². The molecule has 2 aliphatic heterocycles. The normalized spacial score (nSPS) is 18.8. The minimum Gasteiger partial charge on any atom is -0.470 e. The van der Waals surface area contributed by atoms with E-state index in [-0.39, 0.29) is 11.4 Å². The number of para-hydroxylation sites is 1. The fourth-order valence-corrected chi connectivity index (χ4v) is 3.99. The van der Waals surface area contributed by atoms with E-state index in [1.807, 2.05) is 24.3 Å². The van der Waals surface area contributed by atoms with Crippen molar-refractivity contribution in [2.24, 2.45) is 0 Å². The lowest BCUT2D eigenvalue weighted by Gasteiger charge is -2.39. The highest BCUT2D eigenvalue weighted by Gasteiger charge is 2.30. The SMILES string of the molecule is Clc1ncc(Br)c(OC2CN(c3ccc4ccccc4n3)C2)n1.OCC1CCCCN1. The largest absolute Gasteiger partial charge is 0.470 e. The Morgan fingerprint density at radius 1 is 1.16 bits per heavy atom. The maximum Gasteiger partial charge on any atom is 0.232 e. The van der Waals surface area contributed by atoms with Crippen molar-refractivity contribution in [1.82, 2.24) is 20.3 Å². The van der Waals surface area contributed by atoms with Gasteiger partial charge in [0.2, 0.25) is 11.2 Å². The number of benzene rings is 1. The number of aliphatic hydroxyl groups excluding tert-OH is 1. The maximum absolute atomic E-state index is 8.63. The van der Waals surface area contributed by atoms with Crippen molar-refractivity contribution in [2.45, 2.75) is 31.4 Å². The summed E-state index contributed by atoms with van der Waals surface area (Å²) in [6, 6.07) is 12.6. The third-order valence-electron chi connectivity index (χ3n) is 5.35. The Morgan fingerprint density at radius 2 is 2.00 bits per heavy atom. The topological polar surface area (TPSA) is 83.4 Å². The summed E-state index contributed by atoms with van der Waals surface area (Å²) in [6.45, 7) is 2.92. The molecule has 4 heterocycles. The van der Waals surface area contributed by atoms with Gasteiger partial charge in [0.05, 0.1) is 29.7 Å². The van der Waals surface area contributed by atoms with Crippen molar-refractivity contribution in [3.63, 3.8) is 0 Å². The molecule has 0 radical (unpaired) electrons. The number of piperidine rings is 1. The van der Waals surface area contributed by atoms with Crippen molar-refractivity contribution >= 4 is 44.3 Å². The van der Waals surface area contributed by atoms with Crippen LogP contribution in [-0.2, 0) is 0 Å². The van der Waals surface area contributed by atoms with E-state index in [0.29, 0.717) is 23.0 Å². The molecule has 2 aromatic heterocycles. The molecule has 9 heteroatoms. The number of aromatic nitrogens is 3. The highest BCUT2D eigenvalue weighted by Crippen LogP contribution is 2.28. The number of rotatable bonds is 4. The first-order valence-corrected chi connectivity index (χ1v) is 11.6. The van der Waals surface area contributed by atoms with Gasteiger partial charge in [-0.3, -0.25) is 0 Å². The van der Waals surface area contributed by atoms with E-state index in [0.717, 1.165) is 42.8 Å². The van der Waals surface area contributed by atoms with Crippen LogP contribution in [0.3, 0.4) is 0 Å². The van der Waals surface area contributed by atoms with Crippen molar-refractivity contribution in [2.75, 3.05) is 31.1 Å². The van der Waals surface area contributed by atoms with E-state index in [1.165, 1.54) is 12.8 Å². The zero-order chi connectivity index (χ0) is 21.6. The number of hydrogen-bond donors (Lipinski definition) is 2. The lowest BCUT2D eigenvalue weighted by Crippen LogP contribution is -2.54.